The van der Waals surface area contributed by atoms with Gasteiger partial charge in [0.15, 0.2) is 11.5 Å². The Balaban J connectivity index is 1.77. The maximum absolute atomic E-state index is 6.40. The maximum atomic E-state index is 6.40. The third kappa shape index (κ3) is 2.15. The molecule has 1 aromatic carbocycles. The van der Waals surface area contributed by atoms with Crippen molar-refractivity contribution in [1.29, 1.82) is 0 Å². The van der Waals surface area contributed by atoms with Gasteiger partial charge in [-0.1, -0.05) is 11.6 Å². The van der Waals surface area contributed by atoms with Crippen molar-refractivity contribution in [2.24, 2.45) is 0 Å². The van der Waals surface area contributed by atoms with Gasteiger partial charge in [0.2, 0.25) is 6.79 Å². The van der Waals surface area contributed by atoms with E-state index in [0.29, 0.717) is 29.7 Å². The second-order valence-electron chi connectivity index (χ2n) is 5.22. The van der Waals surface area contributed by atoms with Crippen molar-refractivity contribution in [3.63, 3.8) is 0 Å². The van der Waals surface area contributed by atoms with Crippen molar-refractivity contribution in [1.82, 2.24) is 9.55 Å². The lowest BCUT2D eigenvalue weighted by molar-refractivity contribution is 0.0688. The number of rotatable bonds is 3. The van der Waals surface area contributed by atoms with E-state index in [1.54, 1.807) is 19.4 Å². The number of aromatic nitrogens is 2. The third-order valence-corrected chi connectivity index (χ3v) is 4.34. The van der Waals surface area contributed by atoms with E-state index in [9.17, 15) is 0 Å². The predicted molar refractivity (Wildman–Crippen MR) is 79.4 cm³/mol. The van der Waals surface area contributed by atoms with Crippen molar-refractivity contribution in [3.8, 4) is 22.9 Å². The summed E-state index contributed by atoms with van der Waals surface area (Å²) in [5, 5.41) is 0.574. The van der Waals surface area contributed by atoms with Gasteiger partial charge in [-0.3, -0.25) is 0 Å². The molecule has 0 radical (unpaired) electrons. The lowest BCUT2D eigenvalue weighted by Crippen LogP contribution is -2.24. The number of benzene rings is 1. The molecule has 0 amide bonds. The number of hydrogen-bond donors (Lipinski definition) is 0. The highest BCUT2D eigenvalue weighted by molar-refractivity contribution is 6.33. The molecule has 1 saturated heterocycles. The zero-order valence-electron chi connectivity index (χ0n) is 12.0. The largest absolute Gasteiger partial charge is 0.454 e. The molecule has 22 heavy (non-hydrogen) atoms. The van der Waals surface area contributed by atoms with E-state index in [0.717, 1.165) is 11.4 Å². The van der Waals surface area contributed by atoms with E-state index in [1.807, 2.05) is 16.8 Å². The zero-order chi connectivity index (χ0) is 15.1. The molecule has 0 saturated carbocycles. The van der Waals surface area contributed by atoms with Gasteiger partial charge < -0.3 is 23.5 Å². The number of imidazole rings is 1. The first-order valence-corrected chi connectivity index (χ1v) is 7.38. The summed E-state index contributed by atoms with van der Waals surface area (Å²) >= 11 is 6.40. The number of methoxy groups -OCH3 is 1. The van der Waals surface area contributed by atoms with Gasteiger partial charge in [0.25, 0.3) is 0 Å². The summed E-state index contributed by atoms with van der Waals surface area (Å²) in [6.07, 6.45) is 3.67. The molecule has 1 aromatic heterocycles. The van der Waals surface area contributed by atoms with Crippen LogP contribution in [0.5, 0.6) is 11.5 Å². The summed E-state index contributed by atoms with van der Waals surface area (Å²) in [4.78, 5) is 4.46. The molecule has 3 heterocycles. The molecule has 0 aliphatic carbocycles. The van der Waals surface area contributed by atoms with Crippen molar-refractivity contribution in [2.75, 3.05) is 27.1 Å². The van der Waals surface area contributed by atoms with E-state index in [4.69, 9.17) is 30.5 Å². The van der Waals surface area contributed by atoms with Crippen molar-refractivity contribution < 1.29 is 18.9 Å². The number of nitrogens with zero attached hydrogens (tertiary/aromatic N) is 2. The number of halogens is 1. The monoisotopic (exact) mass is 322 g/mol. The topological polar surface area (TPSA) is 54.7 Å². The molecular formula is C15H15ClN2O4. The van der Waals surface area contributed by atoms with Crippen LogP contribution in [0.15, 0.2) is 24.5 Å². The molecule has 6 nitrogen and oxygen atoms in total. The minimum atomic E-state index is 0.000682. The highest BCUT2D eigenvalue weighted by atomic mass is 35.5. The zero-order valence-corrected chi connectivity index (χ0v) is 12.7. The predicted octanol–water partition coefficient (Wildman–Crippen LogP) is 2.52. The first-order valence-electron chi connectivity index (χ1n) is 7.01. The van der Waals surface area contributed by atoms with Crippen molar-refractivity contribution >= 4 is 11.6 Å². The van der Waals surface area contributed by atoms with Crippen LogP contribution in [0.2, 0.25) is 5.02 Å². The third-order valence-electron chi connectivity index (χ3n) is 4.03. The van der Waals surface area contributed by atoms with Crippen molar-refractivity contribution in [2.45, 2.75) is 12.1 Å². The Kier molecular flexibility index (Phi) is 3.44. The molecule has 4 rings (SSSR count). The standard InChI is InChI=1S/C15H15ClN2O4/c1-19-14-7-20-6-11(14)18-3-2-17-15(18)9-4-12-13(5-10(9)16)22-8-21-12/h2-5,11,14H,6-8H2,1H3/t11-,14-/m0/s1. The summed E-state index contributed by atoms with van der Waals surface area (Å²) in [5.74, 6) is 2.10. The first-order chi connectivity index (χ1) is 10.8. The summed E-state index contributed by atoms with van der Waals surface area (Å²) in [6.45, 7) is 1.38. The average molecular weight is 323 g/mol. The van der Waals surface area contributed by atoms with Gasteiger partial charge in [-0.2, -0.15) is 0 Å². The van der Waals surface area contributed by atoms with E-state index in [2.05, 4.69) is 4.98 Å². The van der Waals surface area contributed by atoms with Gasteiger partial charge in [-0.15, -0.1) is 0 Å². The van der Waals surface area contributed by atoms with Gasteiger partial charge in [0.05, 0.1) is 24.3 Å². The van der Waals surface area contributed by atoms with E-state index >= 15 is 0 Å². The van der Waals surface area contributed by atoms with Gasteiger partial charge in [-0.05, 0) is 6.07 Å². The minimum absolute atomic E-state index is 0.000682. The molecule has 1 fully saturated rings. The molecule has 0 spiro atoms. The van der Waals surface area contributed by atoms with E-state index in [1.165, 1.54) is 0 Å². The van der Waals surface area contributed by atoms with Crippen LogP contribution in [0.1, 0.15) is 6.04 Å². The Bertz CT molecular complexity index is 703. The fourth-order valence-corrected chi connectivity index (χ4v) is 3.12. The Morgan fingerprint density at radius 2 is 2.09 bits per heavy atom. The highest BCUT2D eigenvalue weighted by Crippen LogP contribution is 2.41. The highest BCUT2D eigenvalue weighted by Gasteiger charge is 2.32. The molecule has 116 valence electrons. The smallest absolute Gasteiger partial charge is 0.231 e. The molecule has 2 aromatic rings. The van der Waals surface area contributed by atoms with Crippen LogP contribution in [0, 0.1) is 0 Å². The Labute approximate surface area is 132 Å². The first kappa shape index (κ1) is 13.9. The van der Waals surface area contributed by atoms with Crippen LogP contribution in [0.3, 0.4) is 0 Å². The van der Waals surface area contributed by atoms with Gasteiger partial charge in [0, 0.05) is 31.1 Å². The van der Waals surface area contributed by atoms with Gasteiger partial charge in [-0.25, -0.2) is 4.98 Å². The molecule has 7 heteroatoms. The maximum Gasteiger partial charge on any atom is 0.231 e. The molecular weight excluding hydrogens is 308 g/mol. The lowest BCUT2D eigenvalue weighted by Gasteiger charge is -2.20. The fraction of sp³-hybridized carbons (Fsp3) is 0.400. The average Bonchev–Trinajstić information content (AvgIpc) is 3.24. The van der Waals surface area contributed by atoms with Crippen LogP contribution >= 0.6 is 11.6 Å². The normalized spacial score (nSPS) is 23.2. The van der Waals surface area contributed by atoms with Crippen LogP contribution in [-0.4, -0.2) is 42.8 Å². The number of ether oxygens (including phenoxy) is 4. The Morgan fingerprint density at radius 1 is 1.27 bits per heavy atom. The molecule has 0 bridgehead atoms. The van der Waals surface area contributed by atoms with Crippen LogP contribution in [0.4, 0.5) is 0 Å². The number of fused-ring (bicyclic) bond motifs is 1. The van der Waals surface area contributed by atoms with E-state index < -0.39 is 0 Å². The second-order valence-corrected chi connectivity index (χ2v) is 5.63. The van der Waals surface area contributed by atoms with Gasteiger partial charge in [0.1, 0.15) is 11.9 Å². The van der Waals surface area contributed by atoms with Crippen LogP contribution < -0.4 is 9.47 Å². The lowest BCUT2D eigenvalue weighted by atomic mass is 10.1. The summed E-state index contributed by atoms with van der Waals surface area (Å²) in [5.41, 5.74) is 0.803. The Hall–Kier alpha value is -1.76. The molecule has 2 aliphatic heterocycles. The molecule has 0 N–H and O–H groups in total. The molecule has 2 aliphatic rings. The summed E-state index contributed by atoms with van der Waals surface area (Å²) in [7, 11) is 1.69. The van der Waals surface area contributed by atoms with E-state index in [-0.39, 0.29) is 18.9 Å². The van der Waals surface area contributed by atoms with Crippen LogP contribution in [0.25, 0.3) is 11.4 Å². The quantitative estimate of drug-likeness (QED) is 0.869. The molecule has 0 unspecified atom stereocenters. The van der Waals surface area contributed by atoms with Crippen molar-refractivity contribution in [3.05, 3.63) is 29.5 Å². The van der Waals surface area contributed by atoms with Gasteiger partial charge >= 0.3 is 0 Å². The SMILES string of the molecule is CO[C@H]1COC[C@@H]1n1ccnc1-c1cc2c(cc1Cl)OCO2. The fourth-order valence-electron chi connectivity index (χ4n) is 2.89. The number of hydrogen-bond acceptors (Lipinski definition) is 5. The minimum Gasteiger partial charge on any atom is -0.454 e. The molecule has 2 atom stereocenters. The van der Waals surface area contributed by atoms with Crippen LogP contribution in [-0.2, 0) is 9.47 Å². The summed E-state index contributed by atoms with van der Waals surface area (Å²) in [6, 6.07) is 3.70. The second kappa shape index (κ2) is 5.46. The summed E-state index contributed by atoms with van der Waals surface area (Å²) < 4.78 is 23.8. The Morgan fingerprint density at radius 3 is 2.91 bits per heavy atom.